The Kier molecular flexibility index (Phi) is 6.15. The number of nitrogens with zero attached hydrogens (tertiary/aromatic N) is 3. The van der Waals surface area contributed by atoms with Crippen LogP contribution in [0.5, 0.6) is 0 Å². The van der Waals surface area contributed by atoms with E-state index >= 15 is 0 Å². The molecule has 4 nitrogen and oxygen atoms in total. The summed E-state index contributed by atoms with van der Waals surface area (Å²) < 4.78 is 6.44. The smallest absolute Gasteiger partial charge is 0.164 e. The van der Waals surface area contributed by atoms with E-state index in [0.717, 1.165) is 65.6 Å². The predicted octanol–water partition coefficient (Wildman–Crippen LogP) is 11.9. The first-order valence-corrected chi connectivity index (χ1v) is 16.4. The molecule has 0 aliphatic heterocycles. The molecular weight excluding hydrogens is 599 g/mol. The molecule has 10 aromatic rings. The van der Waals surface area contributed by atoms with Crippen LogP contribution in [0.3, 0.4) is 0 Å². The van der Waals surface area contributed by atoms with Crippen molar-refractivity contribution >= 4 is 54.3 Å². The lowest BCUT2D eigenvalue weighted by molar-refractivity contribution is 0.669. The maximum atomic E-state index is 6.44. The van der Waals surface area contributed by atoms with Gasteiger partial charge in [0.1, 0.15) is 11.2 Å². The highest BCUT2D eigenvalue weighted by Crippen LogP contribution is 2.38. The molecule has 0 saturated carbocycles. The second-order valence-corrected chi connectivity index (χ2v) is 12.5. The molecule has 228 valence electrons. The molecule has 10 rings (SSSR count). The highest BCUT2D eigenvalue weighted by Gasteiger charge is 2.15. The highest BCUT2D eigenvalue weighted by atomic mass is 16.3. The third kappa shape index (κ3) is 4.73. The molecular formula is C45H27N3O. The third-order valence-electron chi connectivity index (χ3n) is 9.47. The quantitative estimate of drug-likeness (QED) is 0.183. The van der Waals surface area contributed by atoms with Gasteiger partial charge in [-0.05, 0) is 79.8 Å². The SMILES string of the molecule is c1ccc(-c2ccc3oc4cc5c(ccc6ccc(-c7nc(-c8ccccc8)nc(-c8ccc9ccccc9c8)n7)cc65)cc4c3c2)cc1. The Labute approximate surface area is 282 Å². The van der Waals surface area contributed by atoms with E-state index in [1.807, 2.05) is 36.4 Å². The van der Waals surface area contributed by atoms with Crippen LogP contribution in [-0.2, 0) is 0 Å². The van der Waals surface area contributed by atoms with Crippen LogP contribution in [0.25, 0.3) is 99.5 Å². The zero-order chi connectivity index (χ0) is 32.3. The minimum atomic E-state index is 0.633. The van der Waals surface area contributed by atoms with Gasteiger partial charge in [-0.3, -0.25) is 0 Å². The summed E-state index contributed by atoms with van der Waals surface area (Å²) in [5, 5.41) is 9.10. The van der Waals surface area contributed by atoms with Crippen LogP contribution in [0.15, 0.2) is 168 Å². The van der Waals surface area contributed by atoms with Gasteiger partial charge in [-0.2, -0.15) is 0 Å². The Hall–Kier alpha value is -6.65. The summed E-state index contributed by atoms with van der Waals surface area (Å²) in [5.74, 6) is 1.92. The number of hydrogen-bond acceptors (Lipinski definition) is 4. The fourth-order valence-corrected chi connectivity index (χ4v) is 6.95. The Bertz CT molecular complexity index is 2880. The minimum absolute atomic E-state index is 0.633. The number of furan rings is 1. The van der Waals surface area contributed by atoms with Gasteiger partial charge in [0.15, 0.2) is 17.5 Å². The lowest BCUT2D eigenvalue weighted by Crippen LogP contribution is -2.00. The largest absolute Gasteiger partial charge is 0.456 e. The zero-order valence-corrected chi connectivity index (χ0v) is 26.3. The molecule has 0 unspecified atom stereocenters. The van der Waals surface area contributed by atoms with Crippen LogP contribution < -0.4 is 0 Å². The van der Waals surface area contributed by atoms with Gasteiger partial charge >= 0.3 is 0 Å². The summed E-state index contributed by atoms with van der Waals surface area (Å²) >= 11 is 0. The molecule has 2 heterocycles. The van der Waals surface area contributed by atoms with Crippen molar-refractivity contribution in [3.05, 3.63) is 164 Å². The maximum Gasteiger partial charge on any atom is 0.164 e. The van der Waals surface area contributed by atoms with E-state index in [4.69, 9.17) is 19.4 Å². The van der Waals surface area contributed by atoms with E-state index in [1.165, 1.54) is 16.5 Å². The highest BCUT2D eigenvalue weighted by molar-refractivity contribution is 6.17. The lowest BCUT2D eigenvalue weighted by atomic mass is 9.97. The molecule has 4 heteroatoms. The maximum absolute atomic E-state index is 6.44. The second kappa shape index (κ2) is 11.0. The van der Waals surface area contributed by atoms with E-state index < -0.39 is 0 Å². The van der Waals surface area contributed by atoms with Crippen LogP contribution in [-0.4, -0.2) is 15.0 Å². The number of aromatic nitrogens is 3. The molecule has 0 atom stereocenters. The monoisotopic (exact) mass is 625 g/mol. The van der Waals surface area contributed by atoms with Gasteiger partial charge in [-0.1, -0.05) is 127 Å². The number of hydrogen-bond donors (Lipinski definition) is 0. The normalized spacial score (nSPS) is 11.7. The first-order chi connectivity index (χ1) is 24.2. The van der Waals surface area contributed by atoms with Crippen molar-refractivity contribution < 1.29 is 4.42 Å². The summed E-state index contributed by atoms with van der Waals surface area (Å²) in [5.41, 5.74) is 6.95. The molecule has 0 fully saturated rings. The molecule has 0 bridgehead atoms. The van der Waals surface area contributed by atoms with Gasteiger partial charge < -0.3 is 4.42 Å². The van der Waals surface area contributed by atoms with Crippen LogP contribution in [0.2, 0.25) is 0 Å². The number of rotatable bonds is 4. The van der Waals surface area contributed by atoms with Crippen molar-refractivity contribution in [1.82, 2.24) is 15.0 Å². The topological polar surface area (TPSA) is 51.8 Å². The molecule has 0 radical (unpaired) electrons. The second-order valence-electron chi connectivity index (χ2n) is 12.5. The first kappa shape index (κ1) is 27.5. The van der Waals surface area contributed by atoms with Gasteiger partial charge in [0.25, 0.3) is 0 Å². The summed E-state index contributed by atoms with van der Waals surface area (Å²) in [6, 6.07) is 57.0. The molecule has 2 aromatic heterocycles. The van der Waals surface area contributed by atoms with Gasteiger partial charge in [0.05, 0.1) is 0 Å². The van der Waals surface area contributed by atoms with Crippen molar-refractivity contribution in [2.24, 2.45) is 0 Å². The van der Waals surface area contributed by atoms with Crippen molar-refractivity contribution in [1.29, 1.82) is 0 Å². The van der Waals surface area contributed by atoms with E-state index in [-0.39, 0.29) is 0 Å². The Morgan fingerprint density at radius 3 is 1.59 bits per heavy atom. The molecule has 0 N–H and O–H groups in total. The summed E-state index contributed by atoms with van der Waals surface area (Å²) in [7, 11) is 0. The molecule has 0 saturated heterocycles. The van der Waals surface area contributed by atoms with Gasteiger partial charge in [-0.15, -0.1) is 0 Å². The van der Waals surface area contributed by atoms with Crippen molar-refractivity contribution in [3.8, 4) is 45.3 Å². The molecule has 0 spiro atoms. The standard InChI is InChI=1S/C45H27N3O/c1-3-9-28(10-4-1)33-21-22-41-39(24-33)40-25-34-18-16-30-17-20-36(26-37(30)38(34)27-42(40)49-41)45-47-43(31-12-5-2-6-13-31)46-44(48-45)35-19-15-29-11-7-8-14-32(29)23-35/h1-27H. The summed E-state index contributed by atoms with van der Waals surface area (Å²) in [4.78, 5) is 15.0. The van der Waals surface area contributed by atoms with E-state index in [9.17, 15) is 0 Å². The molecule has 49 heavy (non-hydrogen) atoms. The van der Waals surface area contributed by atoms with Crippen molar-refractivity contribution in [3.63, 3.8) is 0 Å². The van der Waals surface area contributed by atoms with E-state index in [0.29, 0.717) is 17.5 Å². The third-order valence-corrected chi connectivity index (χ3v) is 9.47. The first-order valence-electron chi connectivity index (χ1n) is 16.4. The van der Waals surface area contributed by atoms with Crippen LogP contribution in [0.1, 0.15) is 0 Å². The fourth-order valence-electron chi connectivity index (χ4n) is 6.95. The number of benzene rings is 8. The van der Waals surface area contributed by atoms with E-state index in [2.05, 4.69) is 127 Å². The van der Waals surface area contributed by atoms with Crippen LogP contribution >= 0.6 is 0 Å². The summed E-state index contributed by atoms with van der Waals surface area (Å²) in [6.07, 6.45) is 0. The average molecular weight is 626 g/mol. The Balaban J connectivity index is 1.14. The molecule has 0 amide bonds. The van der Waals surface area contributed by atoms with E-state index in [1.54, 1.807) is 0 Å². The minimum Gasteiger partial charge on any atom is -0.456 e. The lowest BCUT2D eigenvalue weighted by Gasteiger charge is -2.10. The average Bonchev–Trinajstić information content (AvgIpc) is 3.54. The van der Waals surface area contributed by atoms with Crippen LogP contribution in [0.4, 0.5) is 0 Å². The molecule has 0 aliphatic carbocycles. The van der Waals surface area contributed by atoms with Gasteiger partial charge in [0, 0.05) is 27.5 Å². The van der Waals surface area contributed by atoms with Gasteiger partial charge in [0.2, 0.25) is 0 Å². The van der Waals surface area contributed by atoms with Crippen molar-refractivity contribution in [2.75, 3.05) is 0 Å². The Morgan fingerprint density at radius 2 is 0.816 bits per heavy atom. The van der Waals surface area contributed by atoms with Gasteiger partial charge in [-0.25, -0.2) is 15.0 Å². The Morgan fingerprint density at radius 1 is 0.286 bits per heavy atom. The number of fused-ring (bicyclic) bond motifs is 7. The zero-order valence-electron chi connectivity index (χ0n) is 26.3. The fraction of sp³-hybridized carbons (Fsp3) is 0. The summed E-state index contributed by atoms with van der Waals surface area (Å²) in [6.45, 7) is 0. The van der Waals surface area contributed by atoms with Crippen molar-refractivity contribution in [2.45, 2.75) is 0 Å². The van der Waals surface area contributed by atoms with Crippen LogP contribution in [0, 0.1) is 0 Å². The predicted molar refractivity (Wildman–Crippen MR) is 201 cm³/mol. The molecule has 8 aromatic carbocycles. The molecule has 0 aliphatic rings.